The first-order valence-corrected chi connectivity index (χ1v) is 7.91. The first-order chi connectivity index (χ1) is 11.5. The first-order valence-electron chi connectivity index (χ1n) is 7.91. The van der Waals surface area contributed by atoms with Crippen LogP contribution in [-0.4, -0.2) is 17.5 Å². The summed E-state index contributed by atoms with van der Waals surface area (Å²) >= 11 is 0. The maximum absolute atomic E-state index is 13.7. The SMILES string of the molecule is CCNC(=NCc1ncccc1F)NC(C)c1ccc(C)c(F)c1. The summed E-state index contributed by atoms with van der Waals surface area (Å²) in [5.41, 5.74) is 1.70. The van der Waals surface area contributed by atoms with E-state index in [4.69, 9.17) is 0 Å². The number of aryl methyl sites for hydroxylation is 1. The van der Waals surface area contributed by atoms with Gasteiger partial charge in [0, 0.05) is 12.7 Å². The third-order valence-corrected chi connectivity index (χ3v) is 3.61. The van der Waals surface area contributed by atoms with E-state index in [9.17, 15) is 8.78 Å². The molecule has 0 spiro atoms. The van der Waals surface area contributed by atoms with E-state index in [1.165, 1.54) is 18.3 Å². The number of halogens is 2. The number of rotatable bonds is 5. The molecule has 0 aliphatic heterocycles. The molecule has 1 heterocycles. The van der Waals surface area contributed by atoms with Crippen molar-refractivity contribution < 1.29 is 8.78 Å². The number of nitrogens with zero attached hydrogens (tertiary/aromatic N) is 2. The Morgan fingerprint density at radius 3 is 2.71 bits per heavy atom. The number of hydrogen-bond acceptors (Lipinski definition) is 2. The summed E-state index contributed by atoms with van der Waals surface area (Å²) in [6.07, 6.45) is 1.53. The Bertz CT molecular complexity index is 716. The van der Waals surface area contributed by atoms with E-state index in [0.717, 1.165) is 5.56 Å². The molecule has 2 N–H and O–H groups in total. The van der Waals surface area contributed by atoms with E-state index in [1.54, 1.807) is 19.1 Å². The Balaban J connectivity index is 2.10. The summed E-state index contributed by atoms with van der Waals surface area (Å²) in [4.78, 5) is 8.33. The second-order valence-corrected chi connectivity index (χ2v) is 5.50. The molecular weight excluding hydrogens is 310 g/mol. The van der Waals surface area contributed by atoms with Crippen molar-refractivity contribution >= 4 is 5.96 Å². The summed E-state index contributed by atoms with van der Waals surface area (Å²) in [7, 11) is 0. The summed E-state index contributed by atoms with van der Waals surface area (Å²) < 4.78 is 27.3. The highest BCUT2D eigenvalue weighted by Gasteiger charge is 2.10. The van der Waals surface area contributed by atoms with Crippen molar-refractivity contribution in [2.75, 3.05) is 6.54 Å². The van der Waals surface area contributed by atoms with Gasteiger partial charge in [-0.15, -0.1) is 0 Å². The lowest BCUT2D eigenvalue weighted by Crippen LogP contribution is -2.38. The molecule has 2 aromatic rings. The number of aromatic nitrogens is 1. The normalized spacial score (nSPS) is 12.8. The van der Waals surface area contributed by atoms with E-state index >= 15 is 0 Å². The minimum absolute atomic E-state index is 0.122. The zero-order valence-electron chi connectivity index (χ0n) is 14.1. The summed E-state index contributed by atoms with van der Waals surface area (Å²) in [5, 5.41) is 6.29. The number of pyridine rings is 1. The number of benzene rings is 1. The first kappa shape index (κ1) is 17.8. The minimum Gasteiger partial charge on any atom is -0.357 e. The van der Waals surface area contributed by atoms with Crippen molar-refractivity contribution in [3.05, 3.63) is 65.0 Å². The average Bonchev–Trinajstić information content (AvgIpc) is 2.56. The molecule has 0 radical (unpaired) electrons. The fourth-order valence-corrected chi connectivity index (χ4v) is 2.18. The Hall–Kier alpha value is -2.50. The molecular formula is C18H22F2N4. The molecule has 1 aromatic carbocycles. The average molecular weight is 332 g/mol. The van der Waals surface area contributed by atoms with Gasteiger partial charge in [-0.1, -0.05) is 12.1 Å². The molecule has 1 atom stereocenters. The van der Waals surface area contributed by atoms with Crippen LogP contribution in [0.25, 0.3) is 0 Å². The van der Waals surface area contributed by atoms with Crippen LogP contribution in [0.2, 0.25) is 0 Å². The van der Waals surface area contributed by atoms with Gasteiger partial charge in [0.1, 0.15) is 11.6 Å². The van der Waals surface area contributed by atoms with Gasteiger partial charge in [-0.25, -0.2) is 13.8 Å². The largest absolute Gasteiger partial charge is 0.357 e. The summed E-state index contributed by atoms with van der Waals surface area (Å²) in [6.45, 7) is 6.36. The van der Waals surface area contributed by atoms with Crippen LogP contribution < -0.4 is 10.6 Å². The van der Waals surface area contributed by atoms with Gasteiger partial charge < -0.3 is 10.6 Å². The van der Waals surface area contributed by atoms with Crippen LogP contribution >= 0.6 is 0 Å². The quantitative estimate of drug-likeness (QED) is 0.651. The molecule has 2 rings (SSSR count). The third-order valence-electron chi connectivity index (χ3n) is 3.61. The second kappa shape index (κ2) is 8.38. The van der Waals surface area contributed by atoms with Crippen molar-refractivity contribution in [3.8, 4) is 0 Å². The summed E-state index contributed by atoms with van der Waals surface area (Å²) in [6, 6.07) is 7.88. The van der Waals surface area contributed by atoms with E-state index in [2.05, 4.69) is 20.6 Å². The van der Waals surface area contributed by atoms with Crippen LogP contribution in [0.1, 0.15) is 36.7 Å². The molecule has 0 fully saturated rings. The molecule has 0 aliphatic carbocycles. The number of hydrogen-bond donors (Lipinski definition) is 2. The van der Waals surface area contributed by atoms with E-state index < -0.39 is 0 Å². The molecule has 0 saturated heterocycles. The van der Waals surface area contributed by atoms with Gasteiger partial charge in [0.15, 0.2) is 5.96 Å². The predicted molar refractivity (Wildman–Crippen MR) is 91.7 cm³/mol. The smallest absolute Gasteiger partial charge is 0.192 e. The van der Waals surface area contributed by atoms with Gasteiger partial charge >= 0.3 is 0 Å². The number of aliphatic imine (C=N–C) groups is 1. The number of guanidine groups is 1. The molecule has 1 unspecified atom stereocenters. The van der Waals surface area contributed by atoms with Crippen molar-refractivity contribution in [1.82, 2.24) is 15.6 Å². The van der Waals surface area contributed by atoms with Crippen LogP contribution in [0.4, 0.5) is 8.78 Å². The summed E-state index contributed by atoms with van der Waals surface area (Å²) in [5.74, 6) is -0.0968. The molecule has 6 heteroatoms. The zero-order chi connectivity index (χ0) is 17.5. The van der Waals surface area contributed by atoms with Gasteiger partial charge in [0.25, 0.3) is 0 Å². The molecule has 0 amide bonds. The van der Waals surface area contributed by atoms with Crippen LogP contribution in [0.15, 0.2) is 41.5 Å². The lowest BCUT2D eigenvalue weighted by atomic mass is 10.1. The highest BCUT2D eigenvalue weighted by atomic mass is 19.1. The number of nitrogens with one attached hydrogen (secondary N) is 2. The lowest BCUT2D eigenvalue weighted by Gasteiger charge is -2.18. The Morgan fingerprint density at radius 1 is 1.25 bits per heavy atom. The molecule has 1 aromatic heterocycles. The topological polar surface area (TPSA) is 49.3 Å². The fraction of sp³-hybridized carbons (Fsp3) is 0.333. The van der Waals surface area contributed by atoms with Crippen molar-refractivity contribution in [1.29, 1.82) is 0 Å². The van der Waals surface area contributed by atoms with Gasteiger partial charge in [-0.2, -0.15) is 0 Å². The van der Waals surface area contributed by atoms with Crippen molar-refractivity contribution in [2.24, 2.45) is 4.99 Å². The second-order valence-electron chi connectivity index (χ2n) is 5.50. The van der Waals surface area contributed by atoms with Gasteiger partial charge in [0.05, 0.1) is 18.3 Å². The van der Waals surface area contributed by atoms with Gasteiger partial charge in [-0.05, 0) is 50.1 Å². The van der Waals surface area contributed by atoms with Crippen LogP contribution in [-0.2, 0) is 6.54 Å². The molecule has 0 saturated carbocycles. The van der Waals surface area contributed by atoms with Crippen molar-refractivity contribution in [3.63, 3.8) is 0 Å². The fourth-order valence-electron chi connectivity index (χ4n) is 2.18. The molecule has 24 heavy (non-hydrogen) atoms. The lowest BCUT2D eigenvalue weighted by molar-refractivity contribution is 0.597. The Labute approximate surface area is 141 Å². The third kappa shape index (κ3) is 4.75. The maximum atomic E-state index is 13.7. The predicted octanol–water partition coefficient (Wildman–Crippen LogP) is 3.48. The van der Waals surface area contributed by atoms with E-state index in [-0.39, 0.29) is 29.9 Å². The molecule has 128 valence electrons. The van der Waals surface area contributed by atoms with Gasteiger partial charge in [-0.3, -0.25) is 4.98 Å². The minimum atomic E-state index is -0.384. The van der Waals surface area contributed by atoms with Gasteiger partial charge in [0.2, 0.25) is 0 Å². The Morgan fingerprint density at radius 2 is 2.04 bits per heavy atom. The van der Waals surface area contributed by atoms with Crippen LogP contribution in [0.5, 0.6) is 0 Å². The standard InChI is InChI=1S/C18H22F2N4/c1-4-21-18(23-11-17-15(19)6-5-9-22-17)24-13(3)14-8-7-12(2)16(20)10-14/h5-10,13H,4,11H2,1-3H3,(H2,21,23,24). The van der Waals surface area contributed by atoms with Crippen molar-refractivity contribution in [2.45, 2.75) is 33.4 Å². The maximum Gasteiger partial charge on any atom is 0.192 e. The zero-order valence-corrected chi connectivity index (χ0v) is 14.1. The van der Waals surface area contributed by atoms with Crippen LogP contribution in [0.3, 0.4) is 0 Å². The Kier molecular flexibility index (Phi) is 6.23. The van der Waals surface area contributed by atoms with E-state index in [0.29, 0.717) is 18.1 Å². The monoisotopic (exact) mass is 332 g/mol. The molecule has 0 bridgehead atoms. The molecule has 4 nitrogen and oxygen atoms in total. The van der Waals surface area contributed by atoms with E-state index in [1.807, 2.05) is 19.9 Å². The highest BCUT2D eigenvalue weighted by molar-refractivity contribution is 5.80. The highest BCUT2D eigenvalue weighted by Crippen LogP contribution is 2.16. The van der Waals surface area contributed by atoms with Crippen LogP contribution in [0, 0.1) is 18.6 Å². The molecule has 0 aliphatic rings.